The van der Waals surface area contributed by atoms with Gasteiger partial charge < -0.3 is 10.6 Å². The molecule has 5 nitrogen and oxygen atoms in total. The molecule has 1 aromatic rings. The van der Waals surface area contributed by atoms with E-state index in [-0.39, 0.29) is 10.6 Å². The molecule has 0 radical (unpaired) electrons. The fraction of sp³-hybridized carbons (Fsp3) is 0.600. The maximum absolute atomic E-state index is 11.0. The van der Waals surface area contributed by atoms with Crippen LogP contribution >= 0.6 is 11.8 Å². The van der Waals surface area contributed by atoms with Gasteiger partial charge in [-0.15, -0.1) is 0 Å². The van der Waals surface area contributed by atoms with E-state index in [1.165, 1.54) is 12.8 Å². The van der Waals surface area contributed by atoms with Gasteiger partial charge in [0.1, 0.15) is 0 Å². The van der Waals surface area contributed by atoms with Crippen LogP contribution in [0.25, 0.3) is 0 Å². The van der Waals surface area contributed by atoms with Crippen molar-refractivity contribution < 1.29 is 4.92 Å². The van der Waals surface area contributed by atoms with Gasteiger partial charge in [0.2, 0.25) is 0 Å². The highest BCUT2D eigenvalue weighted by molar-refractivity contribution is 7.99. The van der Waals surface area contributed by atoms with Crippen molar-refractivity contribution in [1.82, 2.24) is 0 Å². The van der Waals surface area contributed by atoms with Crippen LogP contribution < -0.4 is 10.6 Å². The maximum atomic E-state index is 11.0. The lowest BCUT2D eigenvalue weighted by Crippen LogP contribution is -2.28. The second kappa shape index (κ2) is 7.54. The number of nitro benzene ring substituents is 1. The minimum Gasteiger partial charge on any atom is -0.385 e. The Morgan fingerprint density at radius 1 is 1.33 bits per heavy atom. The van der Waals surface area contributed by atoms with E-state index in [9.17, 15) is 10.1 Å². The fourth-order valence-corrected chi connectivity index (χ4v) is 3.66. The fourth-order valence-electron chi connectivity index (χ4n) is 2.83. The van der Waals surface area contributed by atoms with Crippen LogP contribution in [0.1, 0.15) is 32.6 Å². The molecule has 21 heavy (non-hydrogen) atoms. The molecule has 2 rings (SSSR count). The molecular weight excluding hydrogens is 286 g/mol. The zero-order valence-corrected chi connectivity index (χ0v) is 13.4. The summed E-state index contributed by atoms with van der Waals surface area (Å²) in [6, 6.07) is 5.58. The molecule has 0 bridgehead atoms. The quantitative estimate of drug-likeness (QED) is 0.611. The van der Waals surface area contributed by atoms with E-state index < -0.39 is 0 Å². The molecule has 2 atom stereocenters. The Kier molecular flexibility index (Phi) is 5.73. The summed E-state index contributed by atoms with van der Waals surface area (Å²) in [6.07, 6.45) is 6.91. The van der Waals surface area contributed by atoms with Gasteiger partial charge in [0.15, 0.2) is 0 Å². The molecule has 6 heteroatoms. The molecule has 0 aliphatic heterocycles. The van der Waals surface area contributed by atoms with Crippen molar-refractivity contribution in [3.05, 3.63) is 28.3 Å². The third kappa shape index (κ3) is 4.52. The highest BCUT2D eigenvalue weighted by Gasteiger charge is 2.21. The molecule has 2 unspecified atom stereocenters. The number of hydrogen-bond donors (Lipinski definition) is 2. The Hall–Kier alpha value is -1.43. The van der Waals surface area contributed by atoms with Gasteiger partial charge >= 0.3 is 0 Å². The molecule has 1 aromatic carbocycles. The third-order valence-corrected chi connectivity index (χ3v) is 4.93. The Bertz CT molecular complexity index is 496. The molecule has 0 spiro atoms. The van der Waals surface area contributed by atoms with E-state index >= 15 is 0 Å². The van der Waals surface area contributed by atoms with Crippen molar-refractivity contribution >= 4 is 28.8 Å². The average molecular weight is 309 g/mol. The predicted octanol–water partition coefficient (Wildman–Crippen LogP) is 4.11. The highest BCUT2D eigenvalue weighted by Crippen LogP contribution is 2.31. The summed E-state index contributed by atoms with van der Waals surface area (Å²) >= 11 is 1.92. The van der Waals surface area contributed by atoms with Crippen molar-refractivity contribution in [2.24, 2.45) is 0 Å². The number of nitrogens with zero attached hydrogens (tertiary/aromatic N) is 1. The lowest BCUT2D eigenvalue weighted by atomic mass is 9.94. The van der Waals surface area contributed by atoms with E-state index in [4.69, 9.17) is 0 Å². The van der Waals surface area contributed by atoms with Crippen LogP contribution in [0.4, 0.5) is 17.1 Å². The van der Waals surface area contributed by atoms with Gasteiger partial charge in [-0.25, -0.2) is 0 Å². The summed E-state index contributed by atoms with van der Waals surface area (Å²) in [7, 11) is 0. The highest BCUT2D eigenvalue weighted by atomic mass is 32.2. The van der Waals surface area contributed by atoms with Gasteiger partial charge in [-0.3, -0.25) is 10.1 Å². The number of thioether (sulfide) groups is 1. The summed E-state index contributed by atoms with van der Waals surface area (Å²) in [5, 5.41) is 18.4. The molecule has 0 heterocycles. The van der Waals surface area contributed by atoms with Gasteiger partial charge in [-0.05, 0) is 38.5 Å². The lowest BCUT2D eigenvalue weighted by molar-refractivity contribution is -0.384. The van der Waals surface area contributed by atoms with Crippen LogP contribution in [0.15, 0.2) is 18.2 Å². The number of benzene rings is 1. The van der Waals surface area contributed by atoms with Crippen molar-refractivity contribution in [2.45, 2.75) is 43.9 Å². The van der Waals surface area contributed by atoms with E-state index in [1.807, 2.05) is 24.8 Å². The number of non-ortho nitro benzene ring substituents is 1. The number of anilines is 2. The monoisotopic (exact) mass is 309 g/mol. The molecule has 2 N–H and O–H groups in total. The van der Waals surface area contributed by atoms with Gasteiger partial charge in [0, 0.05) is 41.3 Å². The number of hydrogen-bond acceptors (Lipinski definition) is 5. The van der Waals surface area contributed by atoms with Crippen molar-refractivity contribution in [2.75, 3.05) is 23.4 Å². The molecule has 0 saturated heterocycles. The topological polar surface area (TPSA) is 67.2 Å². The molecular formula is C15H23N3O2S. The standard InChI is InChI=1S/C15H23N3O2S/c1-3-16-12-7-13(9-14(8-12)18(19)20)17-11-5-4-6-15(10-11)21-2/h7-9,11,15-17H,3-6,10H2,1-2H3. The minimum atomic E-state index is -0.336. The Morgan fingerprint density at radius 2 is 2.10 bits per heavy atom. The smallest absolute Gasteiger partial charge is 0.273 e. The third-order valence-electron chi connectivity index (χ3n) is 3.84. The Morgan fingerprint density at radius 3 is 2.76 bits per heavy atom. The maximum Gasteiger partial charge on any atom is 0.273 e. The molecule has 1 saturated carbocycles. The summed E-state index contributed by atoms with van der Waals surface area (Å²) in [5.41, 5.74) is 1.77. The van der Waals surface area contributed by atoms with Gasteiger partial charge in [0.25, 0.3) is 5.69 Å². The van der Waals surface area contributed by atoms with E-state index in [2.05, 4.69) is 16.9 Å². The summed E-state index contributed by atoms with van der Waals surface area (Å²) in [4.78, 5) is 10.7. The molecule has 1 aliphatic carbocycles. The second-order valence-electron chi connectivity index (χ2n) is 5.42. The van der Waals surface area contributed by atoms with Gasteiger partial charge in [0.05, 0.1) is 4.92 Å². The largest absolute Gasteiger partial charge is 0.385 e. The summed E-state index contributed by atoms with van der Waals surface area (Å²) in [6.45, 7) is 2.73. The molecule has 0 aromatic heterocycles. The Balaban J connectivity index is 2.12. The average Bonchev–Trinajstić information content (AvgIpc) is 2.47. The van der Waals surface area contributed by atoms with Crippen LogP contribution in [0, 0.1) is 10.1 Å². The van der Waals surface area contributed by atoms with E-state index in [1.54, 1.807) is 12.1 Å². The first kappa shape index (κ1) is 15.9. The normalized spacial score (nSPS) is 21.8. The van der Waals surface area contributed by atoms with Crippen LogP contribution in [0.5, 0.6) is 0 Å². The van der Waals surface area contributed by atoms with Gasteiger partial charge in [-0.2, -0.15) is 11.8 Å². The predicted molar refractivity (Wildman–Crippen MR) is 90.4 cm³/mol. The van der Waals surface area contributed by atoms with E-state index in [0.717, 1.165) is 30.8 Å². The van der Waals surface area contributed by atoms with Crippen LogP contribution in [-0.2, 0) is 0 Å². The minimum absolute atomic E-state index is 0.133. The summed E-state index contributed by atoms with van der Waals surface area (Å²) in [5.74, 6) is 0. The number of nitrogens with one attached hydrogen (secondary N) is 2. The molecule has 0 amide bonds. The van der Waals surface area contributed by atoms with Crippen LogP contribution in [0.3, 0.4) is 0 Å². The lowest BCUT2D eigenvalue weighted by Gasteiger charge is -2.29. The summed E-state index contributed by atoms with van der Waals surface area (Å²) < 4.78 is 0. The van der Waals surface area contributed by atoms with Crippen molar-refractivity contribution in [3.63, 3.8) is 0 Å². The first-order valence-corrected chi connectivity index (χ1v) is 8.73. The Labute approximate surface area is 130 Å². The van der Waals surface area contributed by atoms with Crippen molar-refractivity contribution in [3.8, 4) is 0 Å². The zero-order chi connectivity index (χ0) is 15.2. The van der Waals surface area contributed by atoms with Gasteiger partial charge in [-0.1, -0.05) is 6.42 Å². The second-order valence-corrected chi connectivity index (χ2v) is 6.56. The van der Waals surface area contributed by atoms with Crippen LogP contribution in [0.2, 0.25) is 0 Å². The first-order chi connectivity index (χ1) is 10.1. The van der Waals surface area contributed by atoms with Crippen molar-refractivity contribution in [1.29, 1.82) is 0 Å². The molecule has 1 aliphatic rings. The molecule has 1 fully saturated rings. The number of nitro groups is 1. The molecule has 116 valence electrons. The first-order valence-electron chi connectivity index (χ1n) is 7.45. The number of rotatable bonds is 6. The SMILES string of the molecule is CCNc1cc(NC2CCCC(SC)C2)cc([N+](=O)[O-])c1. The zero-order valence-electron chi connectivity index (χ0n) is 12.6. The van der Waals surface area contributed by atoms with E-state index in [0.29, 0.717) is 11.3 Å². The van der Waals surface area contributed by atoms with Crippen LogP contribution in [-0.4, -0.2) is 29.0 Å².